The van der Waals surface area contributed by atoms with E-state index in [9.17, 15) is 4.79 Å². The van der Waals surface area contributed by atoms with Crippen LogP contribution in [0.4, 0.5) is 16.2 Å². The van der Waals surface area contributed by atoms with Gasteiger partial charge in [0.05, 0.1) is 12.5 Å². The smallest absolute Gasteiger partial charge is 0.321 e. The largest absolute Gasteiger partial charge is 0.489 e. The first-order valence-electron chi connectivity index (χ1n) is 10.8. The van der Waals surface area contributed by atoms with Gasteiger partial charge in [-0.2, -0.15) is 5.26 Å². The monoisotopic (exact) mass is 460 g/mol. The minimum Gasteiger partial charge on any atom is -0.489 e. The normalized spacial score (nSPS) is 13.3. The molecule has 1 N–H and O–H groups in total. The van der Waals surface area contributed by atoms with E-state index in [0.717, 1.165) is 41.3 Å². The maximum Gasteiger partial charge on any atom is 0.321 e. The highest BCUT2D eigenvalue weighted by atomic mass is 35.5. The highest BCUT2D eigenvalue weighted by molar-refractivity contribution is 6.30. The Morgan fingerprint density at radius 1 is 0.970 bits per heavy atom. The summed E-state index contributed by atoms with van der Waals surface area (Å²) in [4.78, 5) is 16.8. The van der Waals surface area contributed by atoms with Crippen LogP contribution in [0, 0.1) is 11.3 Å². The second-order valence-corrected chi connectivity index (χ2v) is 8.29. The second-order valence-electron chi connectivity index (χ2n) is 7.85. The van der Waals surface area contributed by atoms with Gasteiger partial charge in [0.2, 0.25) is 0 Å². The molecule has 0 saturated carbocycles. The molecule has 0 aliphatic carbocycles. The Hall–Kier alpha value is -3.69. The van der Waals surface area contributed by atoms with Crippen LogP contribution in [0.15, 0.2) is 72.8 Å². The summed E-state index contributed by atoms with van der Waals surface area (Å²) in [5.41, 5.74) is 3.74. The van der Waals surface area contributed by atoms with Crippen molar-refractivity contribution in [2.75, 3.05) is 36.4 Å². The summed E-state index contributed by atoms with van der Waals surface area (Å²) in [5, 5.41) is 12.5. The van der Waals surface area contributed by atoms with Crippen LogP contribution in [-0.4, -0.2) is 37.1 Å². The molecule has 1 saturated heterocycles. The Morgan fingerprint density at radius 2 is 1.73 bits per heavy atom. The Bertz CT molecular complexity index is 1140. The van der Waals surface area contributed by atoms with Gasteiger partial charge >= 0.3 is 6.03 Å². The fourth-order valence-electron chi connectivity index (χ4n) is 3.74. The second kappa shape index (κ2) is 10.8. The molecule has 0 aromatic heterocycles. The predicted molar refractivity (Wildman–Crippen MR) is 131 cm³/mol. The van der Waals surface area contributed by atoms with Crippen molar-refractivity contribution in [1.82, 2.24) is 4.90 Å². The molecule has 3 aromatic rings. The minimum absolute atomic E-state index is 0.105. The van der Waals surface area contributed by atoms with E-state index in [1.807, 2.05) is 77.7 Å². The molecular weight excluding hydrogens is 436 g/mol. The van der Waals surface area contributed by atoms with Crippen LogP contribution >= 0.6 is 11.6 Å². The third-order valence-corrected chi connectivity index (χ3v) is 5.77. The van der Waals surface area contributed by atoms with Crippen LogP contribution in [0.2, 0.25) is 5.02 Å². The summed E-state index contributed by atoms with van der Waals surface area (Å²) in [5.74, 6) is 0.740. The van der Waals surface area contributed by atoms with E-state index in [4.69, 9.17) is 21.6 Å². The van der Waals surface area contributed by atoms with Crippen molar-refractivity contribution in [2.45, 2.75) is 13.0 Å². The lowest BCUT2D eigenvalue weighted by Gasteiger charge is -2.36. The summed E-state index contributed by atoms with van der Waals surface area (Å²) >= 11 is 6.10. The first-order chi connectivity index (χ1) is 16.1. The van der Waals surface area contributed by atoms with Crippen LogP contribution in [0.1, 0.15) is 11.1 Å². The maximum absolute atomic E-state index is 12.8. The van der Waals surface area contributed by atoms with Crippen LogP contribution in [0.3, 0.4) is 0 Å². The molecule has 4 rings (SSSR count). The Balaban J connectivity index is 1.28. The number of rotatable bonds is 6. The Kier molecular flexibility index (Phi) is 7.33. The Morgan fingerprint density at radius 3 is 2.45 bits per heavy atom. The zero-order valence-electron chi connectivity index (χ0n) is 18.2. The molecule has 1 aliphatic heterocycles. The molecule has 0 bridgehead atoms. The number of anilines is 2. The molecule has 0 radical (unpaired) electrons. The standard InChI is InChI=1S/C26H25ClN4O2/c27-22-4-2-6-24(18-22)30-13-15-31(16-14-30)26(32)29-23-5-1-3-21(17-23)19-33-25-9-7-20(8-10-25)11-12-28/h1-10,17-18H,11,13-16,19H2,(H,29,32). The highest BCUT2D eigenvalue weighted by Gasteiger charge is 2.21. The molecule has 6 nitrogen and oxygen atoms in total. The van der Waals surface area contributed by atoms with E-state index in [-0.39, 0.29) is 6.03 Å². The molecule has 0 atom stereocenters. The highest BCUT2D eigenvalue weighted by Crippen LogP contribution is 2.21. The van der Waals surface area contributed by atoms with E-state index >= 15 is 0 Å². The third-order valence-electron chi connectivity index (χ3n) is 5.53. The molecule has 33 heavy (non-hydrogen) atoms. The molecule has 1 fully saturated rings. The summed E-state index contributed by atoms with van der Waals surface area (Å²) in [6, 6.07) is 25.0. The fraction of sp³-hybridized carbons (Fsp3) is 0.231. The topological polar surface area (TPSA) is 68.6 Å². The number of amides is 2. The van der Waals surface area contributed by atoms with Crippen molar-refractivity contribution in [3.63, 3.8) is 0 Å². The van der Waals surface area contributed by atoms with Gasteiger partial charge in [0.15, 0.2) is 0 Å². The van der Waals surface area contributed by atoms with E-state index in [0.29, 0.717) is 31.1 Å². The number of urea groups is 1. The van der Waals surface area contributed by atoms with Crippen molar-refractivity contribution in [3.05, 3.63) is 88.9 Å². The summed E-state index contributed by atoms with van der Waals surface area (Å²) in [6.07, 6.45) is 0.387. The van der Waals surface area contributed by atoms with E-state index in [1.54, 1.807) is 0 Å². The molecular formula is C26H25ClN4O2. The van der Waals surface area contributed by atoms with Gasteiger partial charge in [-0.3, -0.25) is 0 Å². The van der Waals surface area contributed by atoms with Gasteiger partial charge in [-0.05, 0) is 53.6 Å². The number of piperazine rings is 1. The van der Waals surface area contributed by atoms with Crippen LogP contribution in [0.5, 0.6) is 5.75 Å². The number of nitrogens with zero attached hydrogens (tertiary/aromatic N) is 3. The zero-order chi connectivity index (χ0) is 23.0. The number of hydrogen-bond donors (Lipinski definition) is 1. The lowest BCUT2D eigenvalue weighted by Crippen LogP contribution is -2.50. The van der Waals surface area contributed by atoms with Gasteiger partial charge < -0.3 is 19.9 Å². The van der Waals surface area contributed by atoms with Crippen molar-refractivity contribution in [2.24, 2.45) is 0 Å². The van der Waals surface area contributed by atoms with Crippen molar-refractivity contribution in [1.29, 1.82) is 5.26 Å². The first-order valence-corrected chi connectivity index (χ1v) is 11.2. The maximum atomic E-state index is 12.8. The number of carbonyl (C=O) groups is 1. The minimum atomic E-state index is -0.105. The van der Waals surface area contributed by atoms with Gasteiger partial charge in [0.1, 0.15) is 12.4 Å². The summed E-state index contributed by atoms with van der Waals surface area (Å²) in [6.45, 7) is 3.19. The average molecular weight is 461 g/mol. The van der Waals surface area contributed by atoms with Crippen LogP contribution in [0.25, 0.3) is 0 Å². The molecule has 0 spiro atoms. The molecule has 0 unspecified atom stereocenters. The third kappa shape index (κ3) is 6.18. The molecule has 1 aliphatic rings. The SMILES string of the molecule is N#CCc1ccc(OCc2cccc(NC(=O)N3CCN(c4cccc(Cl)c4)CC3)c2)cc1. The summed E-state index contributed by atoms with van der Waals surface area (Å²) in [7, 11) is 0. The molecule has 3 aromatic carbocycles. The number of nitrogens with one attached hydrogen (secondary N) is 1. The lowest BCUT2D eigenvalue weighted by atomic mass is 10.1. The number of benzene rings is 3. The number of halogens is 1. The Labute approximate surface area is 198 Å². The molecule has 2 amide bonds. The predicted octanol–water partition coefficient (Wildman–Crippen LogP) is 5.34. The number of ether oxygens (including phenoxy) is 1. The van der Waals surface area contributed by atoms with Crippen molar-refractivity contribution < 1.29 is 9.53 Å². The van der Waals surface area contributed by atoms with Crippen molar-refractivity contribution >= 4 is 29.0 Å². The number of carbonyl (C=O) groups excluding carboxylic acids is 1. The van der Waals surface area contributed by atoms with E-state index in [2.05, 4.69) is 16.3 Å². The quantitative estimate of drug-likeness (QED) is 0.539. The molecule has 7 heteroatoms. The number of nitriles is 1. The van der Waals surface area contributed by atoms with Crippen molar-refractivity contribution in [3.8, 4) is 11.8 Å². The zero-order valence-corrected chi connectivity index (χ0v) is 19.0. The van der Waals surface area contributed by atoms with E-state index < -0.39 is 0 Å². The van der Waals surface area contributed by atoms with Gasteiger partial charge in [0, 0.05) is 42.6 Å². The lowest BCUT2D eigenvalue weighted by molar-refractivity contribution is 0.208. The van der Waals surface area contributed by atoms with Gasteiger partial charge in [-0.25, -0.2) is 4.79 Å². The van der Waals surface area contributed by atoms with Gasteiger partial charge in [0.25, 0.3) is 0 Å². The van der Waals surface area contributed by atoms with Gasteiger partial charge in [-0.1, -0.05) is 41.9 Å². The number of hydrogen-bond acceptors (Lipinski definition) is 4. The molecule has 1 heterocycles. The summed E-state index contributed by atoms with van der Waals surface area (Å²) < 4.78 is 5.84. The molecule has 168 valence electrons. The van der Waals surface area contributed by atoms with Crippen LogP contribution in [-0.2, 0) is 13.0 Å². The van der Waals surface area contributed by atoms with Crippen LogP contribution < -0.4 is 15.0 Å². The first kappa shape index (κ1) is 22.5. The fourth-order valence-corrected chi connectivity index (χ4v) is 3.93. The van der Waals surface area contributed by atoms with Gasteiger partial charge in [-0.15, -0.1) is 0 Å². The average Bonchev–Trinajstić information content (AvgIpc) is 2.84. The van der Waals surface area contributed by atoms with E-state index in [1.165, 1.54) is 0 Å².